The van der Waals surface area contributed by atoms with Crippen LogP contribution in [0.5, 0.6) is 0 Å². The van der Waals surface area contributed by atoms with Gasteiger partial charge in [0.25, 0.3) is 0 Å². The molecule has 2 aliphatic carbocycles. The van der Waals surface area contributed by atoms with Gasteiger partial charge in [0, 0.05) is 0 Å². The molecule has 1 nitrogen and oxygen atoms in total. The van der Waals surface area contributed by atoms with E-state index in [1.807, 2.05) is 0 Å². The summed E-state index contributed by atoms with van der Waals surface area (Å²) in [6, 6.07) is 0. The zero-order valence-electron chi connectivity index (χ0n) is 10.9. The molecule has 2 saturated carbocycles. The SMILES string of the molecule is C=C(C)[C@@H]1CC[C@@]2(C)CCC[C@@]3(C)O[C@@]23C1. The number of hydrogen-bond acceptors (Lipinski definition) is 1. The minimum absolute atomic E-state index is 0.203. The molecule has 0 bridgehead atoms. The highest BCUT2D eigenvalue weighted by molar-refractivity contribution is 5.26. The van der Waals surface area contributed by atoms with Crippen LogP contribution in [0.25, 0.3) is 0 Å². The average molecular weight is 220 g/mol. The summed E-state index contributed by atoms with van der Waals surface area (Å²) in [5.74, 6) is 0.702. The molecule has 3 fully saturated rings. The van der Waals surface area contributed by atoms with Crippen molar-refractivity contribution >= 4 is 0 Å². The fraction of sp³-hybridized carbons (Fsp3) is 0.867. The third-order valence-corrected chi connectivity index (χ3v) is 5.84. The molecule has 3 rings (SSSR count). The number of ether oxygens (including phenoxy) is 1. The van der Waals surface area contributed by atoms with E-state index in [1.54, 1.807) is 0 Å². The minimum atomic E-state index is 0.203. The molecule has 0 N–H and O–H groups in total. The van der Waals surface area contributed by atoms with Gasteiger partial charge in [-0.3, -0.25) is 0 Å². The van der Waals surface area contributed by atoms with E-state index >= 15 is 0 Å². The fourth-order valence-corrected chi connectivity index (χ4v) is 4.58. The fourth-order valence-electron chi connectivity index (χ4n) is 4.58. The Bertz CT molecular complexity index is 347. The lowest BCUT2D eigenvalue weighted by atomic mass is 9.54. The van der Waals surface area contributed by atoms with Gasteiger partial charge in [0.05, 0.1) is 5.60 Å². The smallest absolute Gasteiger partial charge is 0.104 e. The van der Waals surface area contributed by atoms with Crippen molar-refractivity contribution in [2.45, 2.75) is 70.5 Å². The van der Waals surface area contributed by atoms with Crippen molar-refractivity contribution in [3.05, 3.63) is 12.2 Å². The van der Waals surface area contributed by atoms with Gasteiger partial charge in [-0.1, -0.05) is 19.1 Å². The third-order valence-electron chi connectivity index (χ3n) is 5.84. The first-order chi connectivity index (χ1) is 7.43. The van der Waals surface area contributed by atoms with Crippen molar-refractivity contribution in [3.63, 3.8) is 0 Å². The van der Waals surface area contributed by atoms with Crippen LogP contribution in [0, 0.1) is 11.3 Å². The molecule has 16 heavy (non-hydrogen) atoms. The number of rotatable bonds is 1. The Morgan fingerprint density at radius 3 is 2.69 bits per heavy atom. The molecule has 1 saturated heterocycles. The molecular formula is C15H24O. The van der Waals surface area contributed by atoms with E-state index in [-0.39, 0.29) is 11.2 Å². The van der Waals surface area contributed by atoms with Crippen LogP contribution in [0.15, 0.2) is 12.2 Å². The highest BCUT2D eigenvalue weighted by Gasteiger charge is 2.76. The Kier molecular flexibility index (Phi) is 1.98. The van der Waals surface area contributed by atoms with Gasteiger partial charge in [-0.15, -0.1) is 0 Å². The predicted molar refractivity (Wildman–Crippen MR) is 66.3 cm³/mol. The molecule has 1 spiro atoms. The molecule has 0 radical (unpaired) electrons. The summed E-state index contributed by atoms with van der Waals surface area (Å²) in [6.45, 7) is 11.1. The minimum Gasteiger partial charge on any atom is -0.362 e. The van der Waals surface area contributed by atoms with Crippen molar-refractivity contribution in [2.75, 3.05) is 0 Å². The second-order valence-corrected chi connectivity index (χ2v) is 6.86. The lowest BCUT2D eigenvalue weighted by Gasteiger charge is -2.47. The molecular weight excluding hydrogens is 196 g/mol. The van der Waals surface area contributed by atoms with Crippen molar-refractivity contribution in [1.82, 2.24) is 0 Å². The van der Waals surface area contributed by atoms with E-state index in [0.29, 0.717) is 11.3 Å². The summed E-state index contributed by atoms with van der Waals surface area (Å²) >= 11 is 0. The summed E-state index contributed by atoms with van der Waals surface area (Å²) in [5.41, 5.74) is 2.22. The maximum atomic E-state index is 6.30. The van der Waals surface area contributed by atoms with E-state index in [0.717, 1.165) is 0 Å². The molecule has 1 aliphatic heterocycles. The summed E-state index contributed by atoms with van der Waals surface area (Å²) in [7, 11) is 0. The highest BCUT2D eigenvalue weighted by Crippen LogP contribution is 2.71. The molecule has 0 aromatic carbocycles. The van der Waals surface area contributed by atoms with Crippen LogP contribution in [0.2, 0.25) is 0 Å². The normalized spacial score (nSPS) is 55.1. The molecule has 4 atom stereocenters. The summed E-state index contributed by atoms with van der Waals surface area (Å²) in [5, 5.41) is 0. The Labute approximate surface area is 99.3 Å². The van der Waals surface area contributed by atoms with E-state index in [2.05, 4.69) is 27.4 Å². The molecule has 0 unspecified atom stereocenters. The van der Waals surface area contributed by atoms with Gasteiger partial charge in [-0.2, -0.15) is 0 Å². The Hall–Kier alpha value is -0.300. The monoisotopic (exact) mass is 220 g/mol. The first-order valence-electron chi connectivity index (χ1n) is 6.78. The topological polar surface area (TPSA) is 12.5 Å². The van der Waals surface area contributed by atoms with Crippen LogP contribution >= 0.6 is 0 Å². The van der Waals surface area contributed by atoms with Crippen LogP contribution in [0.4, 0.5) is 0 Å². The first kappa shape index (κ1) is 10.8. The number of hydrogen-bond donors (Lipinski definition) is 0. The van der Waals surface area contributed by atoms with Crippen LogP contribution < -0.4 is 0 Å². The number of epoxide rings is 1. The van der Waals surface area contributed by atoms with Crippen molar-refractivity contribution < 1.29 is 4.74 Å². The molecule has 0 aromatic heterocycles. The second kappa shape index (κ2) is 2.93. The summed E-state index contributed by atoms with van der Waals surface area (Å²) in [6.07, 6.45) is 7.88. The van der Waals surface area contributed by atoms with E-state index < -0.39 is 0 Å². The van der Waals surface area contributed by atoms with Crippen LogP contribution in [0.1, 0.15) is 59.3 Å². The van der Waals surface area contributed by atoms with E-state index in [9.17, 15) is 0 Å². The average Bonchev–Trinajstić information content (AvgIpc) is 2.80. The third kappa shape index (κ3) is 1.11. The molecule has 0 aromatic rings. The van der Waals surface area contributed by atoms with E-state index in [4.69, 9.17) is 4.74 Å². The highest BCUT2D eigenvalue weighted by atomic mass is 16.6. The van der Waals surface area contributed by atoms with Crippen molar-refractivity contribution in [2.24, 2.45) is 11.3 Å². The van der Waals surface area contributed by atoms with Crippen molar-refractivity contribution in [3.8, 4) is 0 Å². The van der Waals surface area contributed by atoms with Gasteiger partial charge in [0.15, 0.2) is 0 Å². The van der Waals surface area contributed by atoms with Gasteiger partial charge in [-0.05, 0) is 63.7 Å². The molecule has 0 amide bonds. The lowest BCUT2D eigenvalue weighted by Crippen LogP contribution is -2.48. The zero-order valence-corrected chi connectivity index (χ0v) is 10.9. The maximum Gasteiger partial charge on any atom is 0.104 e. The summed E-state index contributed by atoms with van der Waals surface area (Å²) < 4.78 is 6.30. The van der Waals surface area contributed by atoms with Crippen molar-refractivity contribution in [1.29, 1.82) is 0 Å². The lowest BCUT2D eigenvalue weighted by molar-refractivity contribution is 0.0348. The van der Waals surface area contributed by atoms with Crippen LogP contribution in [-0.2, 0) is 4.74 Å². The number of allylic oxidation sites excluding steroid dienone is 1. The van der Waals surface area contributed by atoms with Gasteiger partial charge >= 0.3 is 0 Å². The van der Waals surface area contributed by atoms with Gasteiger partial charge in [0.2, 0.25) is 0 Å². The molecule has 3 aliphatic rings. The summed E-state index contributed by atoms with van der Waals surface area (Å²) in [4.78, 5) is 0. The van der Waals surface area contributed by atoms with Gasteiger partial charge in [-0.25, -0.2) is 0 Å². The van der Waals surface area contributed by atoms with E-state index in [1.165, 1.54) is 44.1 Å². The van der Waals surface area contributed by atoms with Gasteiger partial charge in [0.1, 0.15) is 5.60 Å². The maximum absolute atomic E-state index is 6.30. The second-order valence-electron chi connectivity index (χ2n) is 6.86. The van der Waals surface area contributed by atoms with Gasteiger partial charge < -0.3 is 4.74 Å². The Morgan fingerprint density at radius 1 is 1.25 bits per heavy atom. The van der Waals surface area contributed by atoms with Crippen LogP contribution in [-0.4, -0.2) is 11.2 Å². The zero-order chi connectivity index (χ0) is 11.6. The quantitative estimate of drug-likeness (QED) is 0.479. The standard InChI is InChI=1S/C15H24O/c1-11(2)12-6-9-13(3)7-5-8-14(4)15(13,10-12)16-14/h12H,1,5-10H2,2-4H3/t12-,13-,14-,15+/m1/s1. The largest absolute Gasteiger partial charge is 0.362 e. The molecule has 1 heteroatoms. The first-order valence-corrected chi connectivity index (χ1v) is 6.78. The Morgan fingerprint density at radius 2 is 2.00 bits per heavy atom. The van der Waals surface area contributed by atoms with Crippen LogP contribution in [0.3, 0.4) is 0 Å². The Balaban J connectivity index is 1.92. The molecule has 1 heterocycles. The molecule has 90 valence electrons. The predicted octanol–water partition coefficient (Wildman–Crippen LogP) is 4.08.